The Bertz CT molecular complexity index is 549. The van der Waals surface area contributed by atoms with Crippen LogP contribution >= 0.6 is 0 Å². The Kier molecular flexibility index (Phi) is 3.70. The van der Waals surface area contributed by atoms with Crippen LogP contribution < -0.4 is 0 Å². The standard InChI is InChI=1S/C8H9F3N2O4S/c1-18(16,17)5-3-12-13(4-5)6(2-7(14)15)8(9,10)11/h3-4,6H,2H2,1H3,(H,14,15). The predicted molar refractivity (Wildman–Crippen MR) is 52.7 cm³/mol. The first-order chi connectivity index (χ1) is 8.01. The van der Waals surface area contributed by atoms with Crippen LogP contribution in [0.4, 0.5) is 13.2 Å². The molecule has 1 heterocycles. The van der Waals surface area contributed by atoms with E-state index in [4.69, 9.17) is 5.11 Å². The van der Waals surface area contributed by atoms with Crippen LogP contribution in [-0.4, -0.2) is 41.7 Å². The fraction of sp³-hybridized carbons (Fsp3) is 0.500. The van der Waals surface area contributed by atoms with E-state index in [1.54, 1.807) is 0 Å². The Morgan fingerprint density at radius 3 is 2.44 bits per heavy atom. The van der Waals surface area contributed by atoms with Crippen LogP contribution in [-0.2, 0) is 14.6 Å². The van der Waals surface area contributed by atoms with Crippen molar-refractivity contribution in [3.8, 4) is 0 Å². The molecule has 10 heteroatoms. The molecule has 1 N–H and O–H groups in total. The number of carbonyl (C=O) groups is 1. The van der Waals surface area contributed by atoms with Gasteiger partial charge in [0.05, 0.1) is 12.6 Å². The number of rotatable bonds is 4. The Morgan fingerprint density at radius 1 is 1.56 bits per heavy atom. The minimum atomic E-state index is -4.83. The first-order valence-corrected chi connectivity index (χ1v) is 6.43. The zero-order valence-corrected chi connectivity index (χ0v) is 9.86. The lowest BCUT2D eigenvalue weighted by molar-refractivity contribution is -0.179. The molecule has 0 aromatic carbocycles. The topological polar surface area (TPSA) is 89.3 Å². The van der Waals surface area contributed by atoms with Crippen molar-refractivity contribution in [1.82, 2.24) is 9.78 Å². The van der Waals surface area contributed by atoms with Crippen molar-refractivity contribution in [2.45, 2.75) is 23.5 Å². The lowest BCUT2D eigenvalue weighted by atomic mass is 10.2. The van der Waals surface area contributed by atoms with Gasteiger partial charge in [0.2, 0.25) is 0 Å². The number of halogens is 3. The predicted octanol–water partition coefficient (Wildman–Crippen LogP) is 0.865. The van der Waals surface area contributed by atoms with Gasteiger partial charge >= 0.3 is 12.1 Å². The fourth-order valence-corrected chi connectivity index (χ4v) is 1.75. The fourth-order valence-electron chi connectivity index (χ4n) is 1.21. The average molecular weight is 286 g/mol. The maximum Gasteiger partial charge on any atom is 0.411 e. The lowest BCUT2D eigenvalue weighted by Crippen LogP contribution is -2.29. The molecule has 0 aliphatic rings. The molecule has 1 atom stereocenters. The molecule has 0 aliphatic heterocycles. The maximum absolute atomic E-state index is 12.6. The molecule has 0 saturated heterocycles. The molecular weight excluding hydrogens is 277 g/mol. The van der Waals surface area contributed by atoms with E-state index < -0.39 is 39.3 Å². The van der Waals surface area contributed by atoms with Crippen LogP contribution in [0.1, 0.15) is 12.5 Å². The first-order valence-electron chi connectivity index (χ1n) is 4.54. The van der Waals surface area contributed by atoms with E-state index in [1.165, 1.54) is 0 Å². The van der Waals surface area contributed by atoms with Crippen molar-refractivity contribution in [2.75, 3.05) is 6.26 Å². The molecule has 1 rings (SSSR count). The van der Waals surface area contributed by atoms with Gasteiger partial charge in [-0.3, -0.25) is 9.48 Å². The summed E-state index contributed by atoms with van der Waals surface area (Å²) >= 11 is 0. The lowest BCUT2D eigenvalue weighted by Gasteiger charge is -2.18. The number of carboxylic acids is 1. The van der Waals surface area contributed by atoms with Gasteiger partial charge in [-0.25, -0.2) is 8.42 Å². The van der Waals surface area contributed by atoms with Gasteiger partial charge in [0, 0.05) is 12.5 Å². The summed E-state index contributed by atoms with van der Waals surface area (Å²) < 4.78 is 60.3. The second-order valence-corrected chi connectivity index (χ2v) is 5.60. The smallest absolute Gasteiger partial charge is 0.411 e. The van der Waals surface area contributed by atoms with Crippen molar-refractivity contribution < 1.29 is 31.5 Å². The number of hydrogen-bond donors (Lipinski definition) is 1. The summed E-state index contributed by atoms with van der Waals surface area (Å²) in [5.41, 5.74) is 0. The number of sulfone groups is 1. The quantitative estimate of drug-likeness (QED) is 0.886. The van der Waals surface area contributed by atoms with Gasteiger partial charge in [-0.05, 0) is 0 Å². The van der Waals surface area contributed by atoms with Gasteiger partial charge in [-0.15, -0.1) is 0 Å². The Balaban J connectivity index is 3.15. The van der Waals surface area contributed by atoms with Crippen LogP contribution in [0.2, 0.25) is 0 Å². The van der Waals surface area contributed by atoms with E-state index in [2.05, 4.69) is 5.10 Å². The summed E-state index contributed by atoms with van der Waals surface area (Å²) in [6.07, 6.45) is -3.84. The second kappa shape index (κ2) is 4.59. The molecule has 0 fully saturated rings. The molecule has 1 aromatic rings. The molecule has 18 heavy (non-hydrogen) atoms. The van der Waals surface area contributed by atoms with Crippen LogP contribution in [0.5, 0.6) is 0 Å². The van der Waals surface area contributed by atoms with E-state index >= 15 is 0 Å². The maximum atomic E-state index is 12.6. The molecule has 0 radical (unpaired) electrons. The third kappa shape index (κ3) is 3.45. The zero-order valence-electron chi connectivity index (χ0n) is 9.05. The monoisotopic (exact) mass is 286 g/mol. The highest BCUT2D eigenvalue weighted by molar-refractivity contribution is 7.90. The number of carboxylic acid groups (broad SMARTS) is 1. The van der Waals surface area contributed by atoms with Crippen molar-refractivity contribution in [3.63, 3.8) is 0 Å². The molecular formula is C8H9F3N2O4S. The van der Waals surface area contributed by atoms with Gasteiger partial charge in [0.15, 0.2) is 15.9 Å². The van der Waals surface area contributed by atoms with Gasteiger partial charge in [-0.2, -0.15) is 18.3 Å². The summed E-state index contributed by atoms with van der Waals surface area (Å²) in [4.78, 5) is 9.97. The zero-order chi connectivity index (χ0) is 14.1. The van der Waals surface area contributed by atoms with Crippen molar-refractivity contribution in [3.05, 3.63) is 12.4 Å². The molecule has 0 amide bonds. The summed E-state index contributed by atoms with van der Waals surface area (Å²) in [6, 6.07) is -2.40. The summed E-state index contributed by atoms with van der Waals surface area (Å²) in [5.74, 6) is -1.66. The normalized spacial score (nSPS) is 14.4. The number of aliphatic carboxylic acids is 1. The summed E-state index contributed by atoms with van der Waals surface area (Å²) in [6.45, 7) is 0. The van der Waals surface area contributed by atoms with E-state index in [9.17, 15) is 26.4 Å². The third-order valence-electron chi connectivity index (χ3n) is 2.07. The largest absolute Gasteiger partial charge is 0.481 e. The van der Waals surface area contributed by atoms with Crippen LogP contribution in [0, 0.1) is 0 Å². The van der Waals surface area contributed by atoms with Crippen LogP contribution in [0.25, 0.3) is 0 Å². The third-order valence-corrected chi connectivity index (χ3v) is 3.14. The number of nitrogens with zero attached hydrogens (tertiary/aromatic N) is 2. The number of aromatic nitrogens is 2. The first kappa shape index (κ1) is 14.5. The van der Waals surface area contributed by atoms with Gasteiger partial charge in [0.1, 0.15) is 4.90 Å². The highest BCUT2D eigenvalue weighted by Crippen LogP contribution is 2.33. The molecule has 0 bridgehead atoms. The molecule has 0 saturated carbocycles. The average Bonchev–Trinajstić information content (AvgIpc) is 2.59. The Labute approximate surface area is 99.9 Å². The van der Waals surface area contributed by atoms with E-state index in [1.807, 2.05) is 0 Å². The van der Waals surface area contributed by atoms with E-state index in [0.717, 1.165) is 12.5 Å². The molecule has 102 valence electrons. The highest BCUT2D eigenvalue weighted by atomic mass is 32.2. The van der Waals surface area contributed by atoms with Crippen molar-refractivity contribution in [1.29, 1.82) is 0 Å². The highest BCUT2D eigenvalue weighted by Gasteiger charge is 2.43. The van der Waals surface area contributed by atoms with E-state index in [-0.39, 0.29) is 0 Å². The van der Waals surface area contributed by atoms with Crippen molar-refractivity contribution >= 4 is 15.8 Å². The number of hydrogen-bond acceptors (Lipinski definition) is 4. The van der Waals surface area contributed by atoms with Gasteiger partial charge in [0.25, 0.3) is 0 Å². The molecule has 0 aliphatic carbocycles. The van der Waals surface area contributed by atoms with Crippen LogP contribution in [0.3, 0.4) is 0 Å². The molecule has 1 aromatic heterocycles. The summed E-state index contributed by atoms with van der Waals surface area (Å²) in [7, 11) is -3.69. The van der Waals surface area contributed by atoms with Crippen molar-refractivity contribution in [2.24, 2.45) is 0 Å². The second-order valence-electron chi connectivity index (χ2n) is 3.58. The van der Waals surface area contributed by atoms with Gasteiger partial charge < -0.3 is 5.11 Å². The van der Waals surface area contributed by atoms with E-state index in [0.29, 0.717) is 10.9 Å². The SMILES string of the molecule is CS(=O)(=O)c1cnn(C(CC(=O)O)C(F)(F)F)c1. The molecule has 6 nitrogen and oxygen atoms in total. The summed E-state index contributed by atoms with van der Waals surface area (Å²) in [5, 5.41) is 11.7. The van der Waals surface area contributed by atoms with Crippen LogP contribution in [0.15, 0.2) is 17.3 Å². The minimum absolute atomic E-state index is 0.296. The minimum Gasteiger partial charge on any atom is -0.481 e. The van der Waals surface area contributed by atoms with Gasteiger partial charge in [-0.1, -0.05) is 0 Å². The molecule has 1 unspecified atom stereocenters. The number of alkyl halides is 3. The molecule has 0 spiro atoms. The Morgan fingerprint density at radius 2 is 2.11 bits per heavy atom. The Hall–Kier alpha value is -1.58.